The van der Waals surface area contributed by atoms with E-state index in [1.807, 2.05) is 9.89 Å². The summed E-state index contributed by atoms with van der Waals surface area (Å²) in [5.41, 5.74) is 1.15. The summed E-state index contributed by atoms with van der Waals surface area (Å²) in [6.45, 7) is 0. The Bertz CT molecular complexity index is 224. The van der Waals surface area contributed by atoms with E-state index in [-0.39, 0.29) is 0 Å². The molecule has 2 nitrogen and oxygen atoms in total. The van der Waals surface area contributed by atoms with E-state index in [2.05, 4.69) is 15.9 Å². The summed E-state index contributed by atoms with van der Waals surface area (Å²) in [6.07, 6.45) is 4.09. The van der Waals surface area contributed by atoms with E-state index in [1.165, 1.54) is 6.42 Å². The molecule has 0 saturated carbocycles. The third-order valence-corrected chi connectivity index (χ3v) is 2.97. The van der Waals surface area contributed by atoms with E-state index in [4.69, 9.17) is 0 Å². The van der Waals surface area contributed by atoms with E-state index in [0.29, 0.717) is 11.9 Å². The summed E-state index contributed by atoms with van der Waals surface area (Å²) in [5.74, 6) is 0.304. The van der Waals surface area contributed by atoms with E-state index < -0.39 is 0 Å². The van der Waals surface area contributed by atoms with Gasteiger partial charge in [-0.25, -0.2) is 0 Å². The fourth-order valence-electron chi connectivity index (χ4n) is 1.85. The van der Waals surface area contributed by atoms with Crippen molar-refractivity contribution in [3.05, 3.63) is 10.7 Å². The summed E-state index contributed by atoms with van der Waals surface area (Å²) in [5, 5.41) is 0. The Hall–Kier alpha value is -0.310. The van der Waals surface area contributed by atoms with Crippen LogP contribution in [-0.4, -0.2) is 16.8 Å². The summed E-state index contributed by atoms with van der Waals surface area (Å²) < 4.78 is 0. The van der Waals surface area contributed by atoms with Crippen LogP contribution in [0.2, 0.25) is 0 Å². The summed E-state index contributed by atoms with van der Waals surface area (Å²) in [4.78, 5) is 15.1. The monoisotopic (exact) mass is 215 g/mol. The first-order valence-electron chi connectivity index (χ1n) is 3.94. The van der Waals surface area contributed by atoms with Crippen molar-refractivity contribution in [1.82, 2.24) is 4.90 Å². The quantitative estimate of drug-likeness (QED) is 0.606. The van der Waals surface area contributed by atoms with Crippen LogP contribution < -0.4 is 0 Å². The minimum atomic E-state index is 0.304. The summed E-state index contributed by atoms with van der Waals surface area (Å²) in [7, 11) is 0. The van der Waals surface area contributed by atoms with Crippen LogP contribution in [0.4, 0.5) is 0 Å². The van der Waals surface area contributed by atoms with Gasteiger partial charge >= 0.3 is 0 Å². The number of nitrogens with zero attached hydrogens (tertiary/aromatic N) is 1. The molecule has 1 atom stereocenters. The molecule has 0 aromatic carbocycles. The molecule has 2 aliphatic heterocycles. The highest BCUT2D eigenvalue weighted by Gasteiger charge is 2.38. The molecule has 1 amide bonds. The number of amides is 1. The van der Waals surface area contributed by atoms with Crippen LogP contribution in [0.3, 0.4) is 0 Å². The number of hydrogen-bond acceptors (Lipinski definition) is 1. The molecule has 0 N–H and O–H groups in total. The van der Waals surface area contributed by atoms with Gasteiger partial charge in [0.15, 0.2) is 0 Å². The first-order chi connectivity index (χ1) is 5.33. The normalized spacial score (nSPS) is 33.5. The zero-order chi connectivity index (χ0) is 7.84. The molecule has 0 aromatic rings. The van der Waals surface area contributed by atoms with Gasteiger partial charge in [-0.2, -0.15) is 0 Å². The molecule has 0 aromatic heterocycles. The van der Waals surface area contributed by atoms with E-state index in [0.717, 1.165) is 25.0 Å². The SMILES string of the molecule is O=C1CCCC2C/C(=C\Br)N12. The summed E-state index contributed by atoms with van der Waals surface area (Å²) in [6, 6.07) is 0.528. The van der Waals surface area contributed by atoms with E-state index in [9.17, 15) is 4.79 Å². The maximum Gasteiger partial charge on any atom is 0.227 e. The van der Waals surface area contributed by atoms with Gasteiger partial charge in [0.25, 0.3) is 0 Å². The second kappa shape index (κ2) is 2.63. The molecule has 11 heavy (non-hydrogen) atoms. The highest BCUT2D eigenvalue weighted by atomic mass is 79.9. The molecule has 2 aliphatic rings. The Kier molecular flexibility index (Phi) is 1.75. The number of piperidine rings is 1. The molecule has 2 rings (SSSR count). The molecule has 3 heteroatoms. The molecule has 60 valence electrons. The zero-order valence-corrected chi connectivity index (χ0v) is 7.80. The van der Waals surface area contributed by atoms with Gasteiger partial charge in [-0.05, 0) is 12.8 Å². The maximum atomic E-state index is 11.3. The predicted octanol–water partition coefficient (Wildman–Crippen LogP) is 2.01. The van der Waals surface area contributed by atoms with E-state index >= 15 is 0 Å². The molecule has 0 bridgehead atoms. The Morgan fingerprint density at radius 3 is 3.09 bits per heavy atom. The Morgan fingerprint density at radius 1 is 1.64 bits per heavy atom. The smallest absolute Gasteiger partial charge is 0.227 e. The van der Waals surface area contributed by atoms with Crippen LogP contribution >= 0.6 is 15.9 Å². The predicted molar refractivity (Wildman–Crippen MR) is 46.1 cm³/mol. The highest BCUT2D eigenvalue weighted by molar-refractivity contribution is 9.11. The van der Waals surface area contributed by atoms with Crippen molar-refractivity contribution in [1.29, 1.82) is 0 Å². The number of halogens is 1. The lowest BCUT2D eigenvalue weighted by Crippen LogP contribution is -2.51. The lowest BCUT2D eigenvalue weighted by Gasteiger charge is -2.46. The third-order valence-electron chi connectivity index (χ3n) is 2.44. The fourth-order valence-corrected chi connectivity index (χ4v) is 2.26. The number of carbonyl (C=O) groups is 1. The molecule has 2 heterocycles. The first-order valence-corrected chi connectivity index (χ1v) is 4.86. The van der Waals surface area contributed by atoms with Gasteiger partial charge in [-0.1, -0.05) is 15.9 Å². The van der Waals surface area contributed by atoms with Gasteiger partial charge in [-0.15, -0.1) is 0 Å². The van der Waals surface area contributed by atoms with Gasteiger partial charge in [-0.3, -0.25) is 4.79 Å². The molecule has 1 unspecified atom stereocenters. The van der Waals surface area contributed by atoms with Crippen molar-refractivity contribution in [2.75, 3.05) is 0 Å². The second-order valence-corrected chi connectivity index (χ2v) is 3.57. The Balaban J connectivity index is 2.14. The van der Waals surface area contributed by atoms with Crippen molar-refractivity contribution in [3.8, 4) is 0 Å². The minimum absolute atomic E-state index is 0.304. The maximum absolute atomic E-state index is 11.3. The standard InChI is InChI=1S/C8H10BrNO/c9-5-7-4-6-2-1-3-8(11)10(6)7/h5-6H,1-4H2/b7-5+. The average molecular weight is 216 g/mol. The number of hydrogen-bond donors (Lipinski definition) is 0. The van der Waals surface area contributed by atoms with Gasteiger partial charge in [0, 0.05) is 29.6 Å². The molecular weight excluding hydrogens is 206 g/mol. The van der Waals surface area contributed by atoms with Crippen molar-refractivity contribution in [2.45, 2.75) is 31.7 Å². The van der Waals surface area contributed by atoms with Gasteiger partial charge in [0.05, 0.1) is 0 Å². The van der Waals surface area contributed by atoms with Gasteiger partial charge in [0.1, 0.15) is 0 Å². The van der Waals surface area contributed by atoms with Crippen LogP contribution in [0.15, 0.2) is 10.7 Å². The lowest BCUT2D eigenvalue weighted by atomic mass is 9.89. The number of rotatable bonds is 0. The zero-order valence-electron chi connectivity index (χ0n) is 6.22. The first kappa shape index (κ1) is 7.35. The van der Waals surface area contributed by atoms with Crippen molar-refractivity contribution in [3.63, 3.8) is 0 Å². The Labute approximate surface area is 74.4 Å². The average Bonchev–Trinajstić information content (AvgIpc) is 1.93. The molecular formula is C8H10BrNO. The third kappa shape index (κ3) is 1.02. The lowest BCUT2D eigenvalue weighted by molar-refractivity contribution is -0.137. The molecule has 0 radical (unpaired) electrons. The van der Waals surface area contributed by atoms with Gasteiger partial charge in [0.2, 0.25) is 5.91 Å². The minimum Gasteiger partial charge on any atom is -0.312 e. The van der Waals surface area contributed by atoms with Crippen LogP contribution in [0.5, 0.6) is 0 Å². The Morgan fingerprint density at radius 2 is 2.45 bits per heavy atom. The molecule has 2 fully saturated rings. The van der Waals surface area contributed by atoms with Gasteiger partial charge < -0.3 is 4.90 Å². The molecule has 0 spiro atoms. The number of carbonyl (C=O) groups excluding carboxylic acids is 1. The van der Waals surface area contributed by atoms with Crippen LogP contribution in [0.1, 0.15) is 25.7 Å². The topological polar surface area (TPSA) is 20.3 Å². The summed E-state index contributed by atoms with van der Waals surface area (Å²) >= 11 is 3.26. The van der Waals surface area contributed by atoms with Crippen LogP contribution in [0.25, 0.3) is 0 Å². The van der Waals surface area contributed by atoms with E-state index in [1.54, 1.807) is 0 Å². The fraction of sp³-hybridized carbons (Fsp3) is 0.625. The van der Waals surface area contributed by atoms with Crippen LogP contribution in [-0.2, 0) is 4.79 Å². The highest BCUT2D eigenvalue weighted by Crippen LogP contribution is 2.37. The second-order valence-electron chi connectivity index (χ2n) is 3.11. The van der Waals surface area contributed by atoms with Crippen molar-refractivity contribution < 1.29 is 4.79 Å². The molecule has 2 saturated heterocycles. The van der Waals surface area contributed by atoms with Crippen molar-refractivity contribution >= 4 is 21.8 Å². The molecule has 0 aliphatic carbocycles. The largest absolute Gasteiger partial charge is 0.312 e. The number of fused-ring (bicyclic) bond motifs is 1. The van der Waals surface area contributed by atoms with Crippen LogP contribution in [0, 0.1) is 0 Å². The van der Waals surface area contributed by atoms with Crippen molar-refractivity contribution in [2.24, 2.45) is 0 Å².